The van der Waals surface area contributed by atoms with Gasteiger partial charge in [-0.25, -0.2) is 14.6 Å². The van der Waals surface area contributed by atoms with Crippen molar-refractivity contribution in [1.29, 1.82) is 0 Å². The van der Waals surface area contributed by atoms with Crippen molar-refractivity contribution in [2.75, 3.05) is 32.7 Å². The maximum absolute atomic E-state index is 13.9. The van der Waals surface area contributed by atoms with Crippen molar-refractivity contribution in [1.82, 2.24) is 35.8 Å². The van der Waals surface area contributed by atoms with Crippen LogP contribution in [-0.2, 0) is 41.8 Å². The number of nitrogens with one attached hydrogen (secondary N) is 3. The van der Waals surface area contributed by atoms with Crippen molar-refractivity contribution in [2.24, 2.45) is 5.73 Å². The molecule has 0 saturated carbocycles. The van der Waals surface area contributed by atoms with Crippen molar-refractivity contribution in [3.05, 3.63) is 108 Å². The summed E-state index contributed by atoms with van der Waals surface area (Å²) < 4.78 is 5.39. The quantitative estimate of drug-likeness (QED) is 0.123. The number of benzene rings is 4. The highest BCUT2D eigenvalue weighted by atomic mass is 16.6. The second kappa shape index (κ2) is 19.7. The molecule has 0 bridgehead atoms. The lowest BCUT2D eigenvalue weighted by Crippen LogP contribution is -2.58. The number of urea groups is 1. The zero-order valence-corrected chi connectivity index (χ0v) is 34.5. The second-order valence-electron chi connectivity index (χ2n) is 15.5. The smallest absolute Gasteiger partial charge is 0.410 e. The molecule has 4 aromatic rings. The van der Waals surface area contributed by atoms with Gasteiger partial charge in [0.05, 0.1) is 0 Å². The summed E-state index contributed by atoms with van der Waals surface area (Å²) in [6.07, 6.45) is 1.54. The van der Waals surface area contributed by atoms with Crippen LogP contribution >= 0.6 is 0 Å². The number of hydrogen-bond donors (Lipinski definition) is 4. The lowest BCUT2D eigenvalue weighted by Gasteiger charge is -2.36. The third-order valence-corrected chi connectivity index (χ3v) is 9.69. The molecule has 5 N–H and O–H groups in total. The van der Waals surface area contributed by atoms with Crippen LogP contribution < -0.4 is 21.8 Å². The first-order chi connectivity index (χ1) is 28.5. The summed E-state index contributed by atoms with van der Waals surface area (Å²) >= 11 is 0. The number of primary amides is 1. The van der Waals surface area contributed by atoms with E-state index in [1.54, 1.807) is 25.7 Å². The second-order valence-corrected chi connectivity index (χ2v) is 15.5. The molecule has 0 aliphatic carbocycles. The standard InChI is InChI=1S/C44H52N8O8/c1-29(47-42(58)49-22-24-50(25-23-49)43(59)60-44(3,4)5)40(56)46-30(2)41(57)48-52(28-37(45)53)39(55)21-20-38(54)51(26-33-16-10-14-31-12-6-8-18-35(31)33)27-34-17-11-15-32-13-7-9-19-36(32)34/h6-21,29-30H,22-28H2,1-5H3,(H2,45,53)(H,46,56)(H,47,58)(H,48,57)/b21-20+/t29-,30-/m0/s1. The third kappa shape index (κ3) is 12.0. The van der Waals surface area contributed by atoms with Crippen LogP contribution in [0.5, 0.6) is 0 Å². The molecular weight excluding hydrogens is 769 g/mol. The van der Waals surface area contributed by atoms with Crippen LogP contribution in [0, 0.1) is 0 Å². The van der Waals surface area contributed by atoms with Gasteiger partial charge < -0.3 is 35.8 Å². The van der Waals surface area contributed by atoms with Crippen LogP contribution in [0.2, 0.25) is 0 Å². The average molecular weight is 821 g/mol. The van der Waals surface area contributed by atoms with Gasteiger partial charge in [-0.2, -0.15) is 0 Å². The number of amides is 8. The summed E-state index contributed by atoms with van der Waals surface area (Å²) in [6, 6.07) is 24.5. The number of fused-ring (bicyclic) bond motifs is 2. The minimum atomic E-state index is -1.24. The zero-order chi connectivity index (χ0) is 43.6. The van der Waals surface area contributed by atoms with Crippen LogP contribution in [0.3, 0.4) is 0 Å². The van der Waals surface area contributed by atoms with Crippen molar-refractivity contribution in [2.45, 2.75) is 65.4 Å². The van der Waals surface area contributed by atoms with Gasteiger partial charge in [-0.05, 0) is 67.3 Å². The van der Waals surface area contributed by atoms with Crippen molar-refractivity contribution in [3.63, 3.8) is 0 Å². The summed E-state index contributed by atoms with van der Waals surface area (Å²) in [4.78, 5) is 95.4. The lowest BCUT2D eigenvalue weighted by atomic mass is 10.0. The first kappa shape index (κ1) is 44.1. The average Bonchev–Trinajstić information content (AvgIpc) is 3.21. The highest BCUT2D eigenvalue weighted by Gasteiger charge is 2.30. The monoisotopic (exact) mass is 820 g/mol. The van der Waals surface area contributed by atoms with Gasteiger partial charge in [-0.15, -0.1) is 0 Å². The minimum absolute atomic E-state index is 0.213. The molecule has 1 saturated heterocycles. The third-order valence-electron chi connectivity index (χ3n) is 9.69. The summed E-state index contributed by atoms with van der Waals surface area (Å²) in [5, 5.41) is 9.67. The van der Waals surface area contributed by atoms with E-state index in [4.69, 9.17) is 10.5 Å². The fraction of sp³-hybridized carbons (Fsp3) is 0.341. The Morgan fingerprint density at radius 3 is 1.70 bits per heavy atom. The van der Waals surface area contributed by atoms with E-state index in [0.29, 0.717) is 5.01 Å². The number of carbonyl (C=O) groups is 7. The van der Waals surface area contributed by atoms with Crippen molar-refractivity contribution >= 4 is 63.2 Å². The van der Waals surface area contributed by atoms with Gasteiger partial charge in [0.2, 0.25) is 17.7 Å². The minimum Gasteiger partial charge on any atom is -0.444 e. The molecule has 5 rings (SSSR count). The molecule has 1 aliphatic rings. The molecule has 16 heteroatoms. The first-order valence-electron chi connectivity index (χ1n) is 19.6. The highest BCUT2D eigenvalue weighted by Crippen LogP contribution is 2.24. The van der Waals surface area contributed by atoms with E-state index in [1.807, 2.05) is 84.9 Å². The van der Waals surface area contributed by atoms with E-state index in [1.165, 1.54) is 23.6 Å². The predicted octanol–water partition coefficient (Wildman–Crippen LogP) is 3.58. The molecule has 0 spiro atoms. The van der Waals surface area contributed by atoms with E-state index < -0.39 is 65.9 Å². The Kier molecular flexibility index (Phi) is 14.5. The van der Waals surface area contributed by atoms with Crippen LogP contribution in [0.1, 0.15) is 45.7 Å². The van der Waals surface area contributed by atoms with Gasteiger partial charge in [0.15, 0.2) is 0 Å². The van der Waals surface area contributed by atoms with Crippen molar-refractivity contribution in [3.8, 4) is 0 Å². The van der Waals surface area contributed by atoms with Gasteiger partial charge >= 0.3 is 12.1 Å². The number of hydrazine groups is 1. The molecule has 60 heavy (non-hydrogen) atoms. The van der Waals surface area contributed by atoms with Gasteiger partial charge in [0.1, 0.15) is 24.2 Å². The van der Waals surface area contributed by atoms with E-state index in [-0.39, 0.29) is 39.3 Å². The molecule has 1 aliphatic heterocycles. The van der Waals surface area contributed by atoms with Gasteiger partial charge in [-0.1, -0.05) is 84.9 Å². The van der Waals surface area contributed by atoms with Crippen LogP contribution in [0.4, 0.5) is 9.59 Å². The normalized spacial score (nSPS) is 13.9. The number of hydrogen-bond acceptors (Lipinski definition) is 8. The van der Waals surface area contributed by atoms with E-state index in [0.717, 1.165) is 44.8 Å². The molecule has 16 nitrogen and oxygen atoms in total. The van der Waals surface area contributed by atoms with Gasteiger partial charge in [0, 0.05) is 51.4 Å². The van der Waals surface area contributed by atoms with E-state index >= 15 is 0 Å². The maximum atomic E-state index is 13.9. The number of nitrogens with two attached hydrogens (primary N) is 1. The number of carbonyl (C=O) groups excluding carboxylic acids is 7. The lowest BCUT2D eigenvalue weighted by molar-refractivity contribution is -0.142. The van der Waals surface area contributed by atoms with Gasteiger partial charge in [-0.3, -0.25) is 29.4 Å². The number of rotatable bonds is 12. The number of nitrogens with zero attached hydrogens (tertiary/aromatic N) is 4. The van der Waals surface area contributed by atoms with Crippen LogP contribution in [0.25, 0.3) is 21.5 Å². The summed E-state index contributed by atoms with van der Waals surface area (Å²) in [5.74, 6) is -3.94. The predicted molar refractivity (Wildman–Crippen MR) is 225 cm³/mol. The fourth-order valence-corrected chi connectivity index (χ4v) is 6.54. The van der Waals surface area contributed by atoms with Crippen LogP contribution in [0.15, 0.2) is 97.1 Å². The Balaban J connectivity index is 1.21. The molecule has 2 atom stereocenters. The zero-order valence-electron chi connectivity index (χ0n) is 34.5. The molecular formula is C44H52N8O8. The fourth-order valence-electron chi connectivity index (χ4n) is 6.54. The van der Waals surface area contributed by atoms with Crippen LogP contribution in [-0.4, -0.2) is 112 Å². The Morgan fingerprint density at radius 2 is 1.17 bits per heavy atom. The molecule has 0 radical (unpaired) electrons. The summed E-state index contributed by atoms with van der Waals surface area (Å²) in [7, 11) is 0. The largest absolute Gasteiger partial charge is 0.444 e. The number of ether oxygens (including phenoxy) is 1. The Hall–Kier alpha value is -6.97. The molecule has 316 valence electrons. The van der Waals surface area contributed by atoms with Crippen molar-refractivity contribution < 1.29 is 38.3 Å². The summed E-state index contributed by atoms with van der Waals surface area (Å²) in [5.41, 5.74) is 8.84. The molecule has 0 unspecified atom stereocenters. The first-order valence-corrected chi connectivity index (χ1v) is 19.6. The molecule has 4 aromatic carbocycles. The van der Waals surface area contributed by atoms with E-state index in [9.17, 15) is 33.6 Å². The topological polar surface area (TPSA) is 204 Å². The SMILES string of the molecule is C[C@H](NC(=O)[C@H](C)NC(=O)N1CCN(C(=O)OC(C)(C)C)CC1)C(=O)NN(CC(N)=O)C(=O)/C=C/C(=O)N(Cc1cccc2ccccc12)Cc1cccc2ccccc12. The molecule has 8 amide bonds. The Morgan fingerprint density at radius 1 is 0.683 bits per heavy atom. The number of piperazine rings is 1. The molecule has 0 aromatic heterocycles. The highest BCUT2D eigenvalue weighted by molar-refractivity contribution is 6.00. The maximum Gasteiger partial charge on any atom is 0.410 e. The molecule has 1 heterocycles. The molecule has 1 fully saturated rings. The summed E-state index contributed by atoms with van der Waals surface area (Å²) in [6.45, 7) is 8.71. The van der Waals surface area contributed by atoms with Gasteiger partial charge in [0.25, 0.3) is 11.8 Å². The Bertz CT molecular complexity index is 2190. The van der Waals surface area contributed by atoms with E-state index in [2.05, 4.69) is 16.1 Å². The Labute approximate surface area is 348 Å².